The van der Waals surface area contributed by atoms with Crippen LogP contribution in [0, 0.1) is 5.92 Å². The minimum atomic E-state index is -0.0394. The fourth-order valence-electron chi connectivity index (χ4n) is 3.12. The summed E-state index contributed by atoms with van der Waals surface area (Å²) in [5.41, 5.74) is 1.83. The quantitative estimate of drug-likeness (QED) is 0.878. The molecule has 3 rings (SSSR count). The third-order valence-corrected chi connectivity index (χ3v) is 4.61. The molecule has 2 aromatic rings. The summed E-state index contributed by atoms with van der Waals surface area (Å²) in [4.78, 5) is 14.6. The highest BCUT2D eigenvalue weighted by molar-refractivity contribution is 5.94. The molecule has 1 unspecified atom stereocenters. The second kappa shape index (κ2) is 7.92. The zero-order chi connectivity index (χ0) is 17.6. The van der Waals surface area contributed by atoms with Crippen molar-refractivity contribution in [3.8, 4) is 11.5 Å². The number of ether oxygens (including phenoxy) is 2. The van der Waals surface area contributed by atoms with Gasteiger partial charge in [-0.05, 0) is 48.7 Å². The third kappa shape index (κ3) is 4.24. The molecule has 1 amide bonds. The standard InChI is InChI=1S/C20H24N2O3/c1-24-18-8-6-16(7-9-18)20(23)21-13-15-10-11-22(14-15)17-4-3-5-19(12-17)25-2/h3-9,12,15H,10-11,13-14H2,1-2H3,(H,21,23). The number of rotatable bonds is 6. The van der Waals surface area contributed by atoms with Crippen molar-refractivity contribution < 1.29 is 14.3 Å². The fourth-order valence-corrected chi connectivity index (χ4v) is 3.12. The van der Waals surface area contributed by atoms with Gasteiger partial charge in [0, 0.05) is 37.0 Å². The number of carbonyl (C=O) groups is 1. The topological polar surface area (TPSA) is 50.8 Å². The molecule has 1 heterocycles. The molecule has 0 aromatic heterocycles. The second-order valence-corrected chi connectivity index (χ2v) is 6.24. The summed E-state index contributed by atoms with van der Waals surface area (Å²) in [6.07, 6.45) is 1.07. The minimum absolute atomic E-state index is 0.0394. The van der Waals surface area contributed by atoms with E-state index in [9.17, 15) is 4.79 Å². The number of carbonyl (C=O) groups excluding carboxylic acids is 1. The van der Waals surface area contributed by atoms with Crippen LogP contribution < -0.4 is 19.7 Å². The molecule has 1 aliphatic heterocycles. The SMILES string of the molecule is COc1ccc(C(=O)NCC2CCN(c3cccc(OC)c3)C2)cc1. The molecule has 1 aliphatic rings. The summed E-state index contributed by atoms with van der Waals surface area (Å²) in [5.74, 6) is 2.03. The summed E-state index contributed by atoms with van der Waals surface area (Å²) in [5, 5.41) is 3.04. The number of hydrogen-bond acceptors (Lipinski definition) is 4. The van der Waals surface area contributed by atoms with Crippen molar-refractivity contribution in [2.75, 3.05) is 38.8 Å². The molecule has 0 aliphatic carbocycles. The van der Waals surface area contributed by atoms with E-state index in [0.717, 1.165) is 31.0 Å². The largest absolute Gasteiger partial charge is 0.497 e. The Kier molecular flexibility index (Phi) is 5.43. The van der Waals surface area contributed by atoms with E-state index in [4.69, 9.17) is 9.47 Å². The number of amides is 1. The van der Waals surface area contributed by atoms with Crippen molar-refractivity contribution in [3.05, 3.63) is 54.1 Å². The Morgan fingerprint density at radius 1 is 1.12 bits per heavy atom. The first kappa shape index (κ1) is 17.1. The highest BCUT2D eigenvalue weighted by atomic mass is 16.5. The smallest absolute Gasteiger partial charge is 0.251 e. The summed E-state index contributed by atoms with van der Waals surface area (Å²) in [6, 6.07) is 15.3. The lowest BCUT2D eigenvalue weighted by Gasteiger charge is -2.19. The molecule has 1 atom stereocenters. The van der Waals surface area contributed by atoms with Gasteiger partial charge in [0.15, 0.2) is 0 Å². The van der Waals surface area contributed by atoms with Gasteiger partial charge < -0.3 is 19.7 Å². The summed E-state index contributed by atoms with van der Waals surface area (Å²) in [7, 11) is 3.30. The van der Waals surface area contributed by atoms with Crippen molar-refractivity contribution in [2.24, 2.45) is 5.92 Å². The maximum Gasteiger partial charge on any atom is 0.251 e. The molecule has 1 fully saturated rings. The van der Waals surface area contributed by atoms with Crippen molar-refractivity contribution >= 4 is 11.6 Å². The number of hydrogen-bond donors (Lipinski definition) is 1. The van der Waals surface area contributed by atoms with Gasteiger partial charge in [0.2, 0.25) is 0 Å². The molecule has 5 nitrogen and oxygen atoms in total. The lowest BCUT2D eigenvalue weighted by molar-refractivity contribution is 0.0948. The molecule has 0 spiro atoms. The highest BCUT2D eigenvalue weighted by Crippen LogP contribution is 2.26. The zero-order valence-electron chi connectivity index (χ0n) is 14.7. The molecular formula is C20H24N2O3. The van der Waals surface area contributed by atoms with Crippen LogP contribution in [0.4, 0.5) is 5.69 Å². The van der Waals surface area contributed by atoms with Gasteiger partial charge in [0.25, 0.3) is 5.91 Å². The number of nitrogens with zero attached hydrogens (tertiary/aromatic N) is 1. The van der Waals surface area contributed by atoms with Gasteiger partial charge in [-0.1, -0.05) is 6.07 Å². The molecule has 1 saturated heterocycles. The molecule has 25 heavy (non-hydrogen) atoms. The van der Waals surface area contributed by atoms with Crippen LogP contribution in [0.5, 0.6) is 11.5 Å². The minimum Gasteiger partial charge on any atom is -0.497 e. The molecule has 2 aromatic carbocycles. The Labute approximate surface area is 148 Å². The molecule has 0 radical (unpaired) electrons. The first-order valence-corrected chi connectivity index (χ1v) is 8.51. The maximum atomic E-state index is 12.3. The lowest BCUT2D eigenvalue weighted by Crippen LogP contribution is -2.31. The monoisotopic (exact) mass is 340 g/mol. The molecular weight excluding hydrogens is 316 g/mol. The van der Waals surface area contributed by atoms with Gasteiger partial charge in [0.1, 0.15) is 11.5 Å². The molecule has 0 saturated carbocycles. The van der Waals surface area contributed by atoms with Crippen LogP contribution in [-0.2, 0) is 0 Å². The third-order valence-electron chi connectivity index (χ3n) is 4.61. The number of benzene rings is 2. The van der Waals surface area contributed by atoms with Gasteiger partial charge in [-0.2, -0.15) is 0 Å². The van der Waals surface area contributed by atoms with Crippen LogP contribution in [0.2, 0.25) is 0 Å². The number of anilines is 1. The molecule has 0 bridgehead atoms. The molecule has 1 N–H and O–H groups in total. The van der Waals surface area contributed by atoms with Crippen LogP contribution in [0.25, 0.3) is 0 Å². The van der Waals surface area contributed by atoms with E-state index in [1.165, 1.54) is 5.69 Å². The highest BCUT2D eigenvalue weighted by Gasteiger charge is 2.23. The van der Waals surface area contributed by atoms with E-state index < -0.39 is 0 Å². The first-order chi connectivity index (χ1) is 12.2. The Balaban J connectivity index is 1.51. The Morgan fingerprint density at radius 3 is 2.60 bits per heavy atom. The van der Waals surface area contributed by atoms with Crippen molar-refractivity contribution in [1.29, 1.82) is 0 Å². The number of nitrogens with one attached hydrogen (secondary N) is 1. The van der Waals surface area contributed by atoms with Crippen LogP contribution in [0.15, 0.2) is 48.5 Å². The Hall–Kier alpha value is -2.69. The van der Waals surface area contributed by atoms with E-state index in [1.807, 2.05) is 12.1 Å². The van der Waals surface area contributed by atoms with Gasteiger partial charge in [-0.15, -0.1) is 0 Å². The Bertz CT molecular complexity index is 715. The van der Waals surface area contributed by atoms with Crippen LogP contribution in [0.1, 0.15) is 16.8 Å². The van der Waals surface area contributed by atoms with Gasteiger partial charge >= 0.3 is 0 Å². The molecule has 5 heteroatoms. The van der Waals surface area contributed by atoms with Crippen molar-refractivity contribution in [3.63, 3.8) is 0 Å². The lowest BCUT2D eigenvalue weighted by atomic mass is 10.1. The average molecular weight is 340 g/mol. The van der Waals surface area contributed by atoms with Gasteiger partial charge in [0.05, 0.1) is 14.2 Å². The summed E-state index contributed by atoms with van der Waals surface area (Å²) < 4.78 is 10.4. The maximum absolute atomic E-state index is 12.3. The van der Waals surface area contributed by atoms with E-state index in [0.29, 0.717) is 18.0 Å². The van der Waals surface area contributed by atoms with E-state index >= 15 is 0 Å². The predicted octanol–water partition coefficient (Wildman–Crippen LogP) is 2.96. The van der Waals surface area contributed by atoms with Crippen LogP contribution in [-0.4, -0.2) is 39.8 Å². The van der Waals surface area contributed by atoms with Gasteiger partial charge in [-0.3, -0.25) is 4.79 Å². The Morgan fingerprint density at radius 2 is 1.88 bits per heavy atom. The first-order valence-electron chi connectivity index (χ1n) is 8.51. The van der Waals surface area contributed by atoms with E-state index in [2.05, 4.69) is 22.3 Å². The zero-order valence-corrected chi connectivity index (χ0v) is 14.7. The number of methoxy groups -OCH3 is 2. The van der Waals surface area contributed by atoms with Crippen LogP contribution >= 0.6 is 0 Å². The van der Waals surface area contributed by atoms with Crippen LogP contribution in [0.3, 0.4) is 0 Å². The van der Waals surface area contributed by atoms with Crippen molar-refractivity contribution in [2.45, 2.75) is 6.42 Å². The normalized spacial score (nSPS) is 16.6. The van der Waals surface area contributed by atoms with Crippen molar-refractivity contribution in [1.82, 2.24) is 5.32 Å². The summed E-state index contributed by atoms with van der Waals surface area (Å²) in [6.45, 7) is 2.62. The average Bonchev–Trinajstić information content (AvgIpc) is 3.15. The van der Waals surface area contributed by atoms with E-state index in [-0.39, 0.29) is 5.91 Å². The van der Waals surface area contributed by atoms with E-state index in [1.54, 1.807) is 38.5 Å². The predicted molar refractivity (Wildman–Crippen MR) is 98.6 cm³/mol. The second-order valence-electron chi connectivity index (χ2n) is 6.24. The summed E-state index contributed by atoms with van der Waals surface area (Å²) >= 11 is 0. The molecule has 132 valence electrons. The van der Waals surface area contributed by atoms with Gasteiger partial charge in [-0.25, -0.2) is 0 Å². The fraction of sp³-hybridized carbons (Fsp3) is 0.350.